The summed E-state index contributed by atoms with van der Waals surface area (Å²) in [6, 6.07) is 3.18. The Kier molecular flexibility index (Phi) is 3.53. The minimum Gasteiger partial charge on any atom is -0.481 e. The van der Waals surface area contributed by atoms with E-state index in [2.05, 4.69) is 0 Å². The third kappa shape index (κ3) is 2.91. The van der Waals surface area contributed by atoms with Gasteiger partial charge in [-0.3, -0.25) is 10.1 Å². The Hall–Kier alpha value is -1.69. The van der Waals surface area contributed by atoms with Crippen molar-refractivity contribution < 1.29 is 18.8 Å². The van der Waals surface area contributed by atoms with Crippen LogP contribution in [0.5, 0.6) is 5.75 Å². The molecule has 17 heavy (non-hydrogen) atoms. The van der Waals surface area contributed by atoms with Gasteiger partial charge in [-0.2, -0.15) is 0 Å². The maximum absolute atomic E-state index is 13.0. The summed E-state index contributed by atoms with van der Waals surface area (Å²) in [4.78, 5) is 10.2. The number of nitro groups is 1. The first-order chi connectivity index (χ1) is 8.16. The van der Waals surface area contributed by atoms with Crippen molar-refractivity contribution in [3.8, 4) is 5.75 Å². The Morgan fingerprint density at radius 1 is 1.53 bits per heavy atom. The fourth-order valence-corrected chi connectivity index (χ4v) is 1.72. The van der Waals surface area contributed by atoms with E-state index in [1.807, 2.05) is 0 Å². The lowest BCUT2D eigenvalue weighted by Gasteiger charge is -2.23. The third-order valence-corrected chi connectivity index (χ3v) is 2.53. The summed E-state index contributed by atoms with van der Waals surface area (Å²) in [5, 5.41) is 10.7. The number of hydrogen-bond acceptors (Lipinski definition) is 4. The van der Waals surface area contributed by atoms with Gasteiger partial charge >= 0.3 is 5.69 Å². The van der Waals surface area contributed by atoms with Crippen molar-refractivity contribution in [3.63, 3.8) is 0 Å². The van der Waals surface area contributed by atoms with Crippen LogP contribution >= 0.6 is 0 Å². The Morgan fingerprint density at radius 3 is 3.00 bits per heavy atom. The summed E-state index contributed by atoms with van der Waals surface area (Å²) in [6.45, 7) is 1.05. The summed E-state index contributed by atoms with van der Waals surface area (Å²) in [7, 11) is 0. The Bertz CT molecular complexity index is 418. The molecule has 92 valence electrons. The molecule has 0 radical (unpaired) electrons. The lowest BCUT2D eigenvalue weighted by Crippen LogP contribution is -2.28. The maximum Gasteiger partial charge on any atom is 0.311 e. The summed E-state index contributed by atoms with van der Waals surface area (Å²) < 4.78 is 23.6. The lowest BCUT2D eigenvalue weighted by atomic mass is 10.2. The summed E-state index contributed by atoms with van der Waals surface area (Å²) in [5.41, 5.74) is -0.225. The highest BCUT2D eigenvalue weighted by atomic mass is 19.1. The molecule has 1 fully saturated rings. The smallest absolute Gasteiger partial charge is 0.311 e. The van der Waals surface area contributed by atoms with E-state index < -0.39 is 10.7 Å². The van der Waals surface area contributed by atoms with E-state index in [4.69, 9.17) is 9.47 Å². The number of hydrogen-bond donors (Lipinski definition) is 0. The number of nitrogens with zero attached hydrogens (tertiary/aromatic N) is 1. The predicted octanol–water partition coefficient (Wildman–Crippen LogP) is 2.29. The molecule has 1 aromatic carbocycles. The summed E-state index contributed by atoms with van der Waals surface area (Å²) >= 11 is 0. The van der Waals surface area contributed by atoms with Crippen molar-refractivity contribution in [2.45, 2.75) is 18.9 Å². The second kappa shape index (κ2) is 5.09. The van der Waals surface area contributed by atoms with Gasteiger partial charge in [-0.05, 0) is 18.9 Å². The van der Waals surface area contributed by atoms with Crippen LogP contribution in [0, 0.1) is 15.9 Å². The first kappa shape index (κ1) is 11.8. The van der Waals surface area contributed by atoms with Gasteiger partial charge < -0.3 is 9.47 Å². The number of ether oxygens (including phenoxy) is 2. The molecule has 0 aliphatic carbocycles. The van der Waals surface area contributed by atoms with Crippen molar-refractivity contribution in [3.05, 3.63) is 34.1 Å². The number of benzene rings is 1. The van der Waals surface area contributed by atoms with Gasteiger partial charge in [-0.15, -0.1) is 0 Å². The van der Waals surface area contributed by atoms with Crippen molar-refractivity contribution in [2.75, 3.05) is 13.2 Å². The predicted molar refractivity (Wildman–Crippen MR) is 57.5 cm³/mol. The SMILES string of the molecule is O=[N+]([O-])c1ccc(F)cc1OC1CCCOC1. The molecular weight excluding hydrogens is 229 g/mol. The first-order valence-corrected chi connectivity index (χ1v) is 5.35. The molecule has 1 aliphatic heterocycles. The minimum atomic E-state index is -0.585. The molecule has 0 aromatic heterocycles. The molecule has 0 bridgehead atoms. The van der Waals surface area contributed by atoms with Crippen LogP contribution in [0.1, 0.15) is 12.8 Å². The fraction of sp³-hybridized carbons (Fsp3) is 0.455. The standard InChI is InChI=1S/C11H12FNO4/c12-8-3-4-10(13(14)15)11(6-8)17-9-2-1-5-16-7-9/h3-4,6,9H,1-2,5,7H2. The van der Waals surface area contributed by atoms with Crippen molar-refractivity contribution >= 4 is 5.69 Å². The van der Waals surface area contributed by atoms with Crippen LogP contribution < -0.4 is 4.74 Å². The zero-order valence-electron chi connectivity index (χ0n) is 9.10. The Morgan fingerprint density at radius 2 is 2.35 bits per heavy atom. The lowest BCUT2D eigenvalue weighted by molar-refractivity contribution is -0.386. The topological polar surface area (TPSA) is 61.6 Å². The maximum atomic E-state index is 13.0. The van der Waals surface area contributed by atoms with Crippen LogP contribution in [0.4, 0.5) is 10.1 Å². The molecule has 1 heterocycles. The van der Waals surface area contributed by atoms with Gasteiger partial charge in [0.2, 0.25) is 0 Å². The summed E-state index contributed by atoms with van der Waals surface area (Å²) in [6.07, 6.45) is 1.35. The van der Waals surface area contributed by atoms with Gasteiger partial charge in [-0.25, -0.2) is 4.39 Å². The van der Waals surface area contributed by atoms with Gasteiger partial charge in [0.05, 0.1) is 11.5 Å². The largest absolute Gasteiger partial charge is 0.481 e. The van der Waals surface area contributed by atoms with E-state index in [9.17, 15) is 14.5 Å². The van der Waals surface area contributed by atoms with Gasteiger partial charge in [0, 0.05) is 18.7 Å². The zero-order chi connectivity index (χ0) is 12.3. The van der Waals surface area contributed by atoms with Crippen LogP contribution in [0.25, 0.3) is 0 Å². The average molecular weight is 241 g/mol. The molecule has 0 saturated carbocycles. The Balaban J connectivity index is 2.17. The first-order valence-electron chi connectivity index (χ1n) is 5.35. The number of halogens is 1. The molecule has 1 aromatic rings. The van der Waals surface area contributed by atoms with E-state index in [1.54, 1.807) is 0 Å². The Labute approximate surface area is 97.3 Å². The molecule has 0 amide bonds. The van der Waals surface area contributed by atoms with Crippen LogP contribution in [-0.2, 0) is 4.74 Å². The average Bonchev–Trinajstić information content (AvgIpc) is 2.30. The molecular formula is C11H12FNO4. The van der Waals surface area contributed by atoms with Crippen molar-refractivity contribution in [2.24, 2.45) is 0 Å². The second-order valence-corrected chi connectivity index (χ2v) is 3.83. The zero-order valence-corrected chi connectivity index (χ0v) is 9.10. The fourth-order valence-electron chi connectivity index (χ4n) is 1.72. The van der Waals surface area contributed by atoms with Crippen LogP contribution in [0.15, 0.2) is 18.2 Å². The van der Waals surface area contributed by atoms with Gasteiger partial charge in [-0.1, -0.05) is 0 Å². The van der Waals surface area contributed by atoms with E-state index in [0.717, 1.165) is 31.0 Å². The van der Waals surface area contributed by atoms with Crippen molar-refractivity contribution in [1.29, 1.82) is 0 Å². The molecule has 0 spiro atoms. The van der Waals surface area contributed by atoms with E-state index >= 15 is 0 Å². The second-order valence-electron chi connectivity index (χ2n) is 3.83. The molecule has 2 rings (SSSR count). The normalized spacial score (nSPS) is 19.9. The molecule has 5 nitrogen and oxygen atoms in total. The van der Waals surface area contributed by atoms with Gasteiger partial charge in [0.1, 0.15) is 11.9 Å². The number of rotatable bonds is 3. The molecule has 1 unspecified atom stereocenters. The van der Waals surface area contributed by atoms with E-state index in [-0.39, 0.29) is 17.5 Å². The summed E-state index contributed by atoms with van der Waals surface area (Å²) in [5.74, 6) is -0.590. The van der Waals surface area contributed by atoms with E-state index in [1.165, 1.54) is 0 Å². The van der Waals surface area contributed by atoms with Gasteiger partial charge in [0.25, 0.3) is 0 Å². The highest BCUT2D eigenvalue weighted by Gasteiger charge is 2.21. The number of nitro benzene ring substituents is 1. The quantitative estimate of drug-likeness (QED) is 0.601. The molecule has 1 aliphatic rings. The van der Waals surface area contributed by atoms with Crippen LogP contribution in [0.3, 0.4) is 0 Å². The highest BCUT2D eigenvalue weighted by Crippen LogP contribution is 2.29. The monoisotopic (exact) mass is 241 g/mol. The molecule has 1 saturated heterocycles. The van der Waals surface area contributed by atoms with Gasteiger partial charge in [0.15, 0.2) is 5.75 Å². The van der Waals surface area contributed by atoms with Crippen LogP contribution in [-0.4, -0.2) is 24.2 Å². The van der Waals surface area contributed by atoms with E-state index in [0.29, 0.717) is 13.2 Å². The third-order valence-electron chi connectivity index (χ3n) is 2.53. The molecule has 6 heteroatoms. The van der Waals surface area contributed by atoms with Crippen molar-refractivity contribution in [1.82, 2.24) is 0 Å². The molecule has 0 N–H and O–H groups in total. The highest BCUT2D eigenvalue weighted by molar-refractivity contribution is 5.46. The minimum absolute atomic E-state index is 0.0366. The van der Waals surface area contributed by atoms with Crippen LogP contribution in [0.2, 0.25) is 0 Å². The molecule has 1 atom stereocenters.